The molecule has 1 aromatic heterocycles. The van der Waals surface area contributed by atoms with Crippen LogP contribution in [0.1, 0.15) is 41.6 Å². The third kappa shape index (κ3) is 6.75. The van der Waals surface area contributed by atoms with E-state index in [1.807, 2.05) is 0 Å². The fourth-order valence-corrected chi connectivity index (χ4v) is 4.64. The van der Waals surface area contributed by atoms with Crippen LogP contribution < -0.4 is 21.1 Å². The van der Waals surface area contributed by atoms with Gasteiger partial charge in [-0.15, -0.1) is 0 Å². The lowest BCUT2D eigenvalue weighted by molar-refractivity contribution is 0.0996. The number of benzene rings is 1. The number of rotatable bonds is 11. The number of primary amides is 1. The Morgan fingerprint density at radius 3 is 2.74 bits per heavy atom. The number of aliphatic hydroxyl groups is 1. The van der Waals surface area contributed by atoms with Gasteiger partial charge in [0.15, 0.2) is 0 Å². The molecular weight excluding hydrogens is 492 g/mol. The van der Waals surface area contributed by atoms with Gasteiger partial charge in [-0.3, -0.25) is 15.0 Å². The summed E-state index contributed by atoms with van der Waals surface area (Å²) in [5.74, 6) is -2.98. The van der Waals surface area contributed by atoms with Crippen molar-refractivity contribution in [1.82, 2.24) is 14.6 Å². The standard InChI is InChI=1S/C21H26ClF2N5O4S/c22-12-8-15(23)14(16(24)9-12)11-33-19-17(18(25)31)20(34-28-19)27-21(32)26-5-1-2-6-29-7-3-4-13(29)10-30/h8-9,13,30H,1-7,10-11H2,(H2,25,31)(H2,26,27,32). The Hall–Kier alpha value is -2.54. The van der Waals surface area contributed by atoms with Gasteiger partial charge in [0, 0.05) is 17.6 Å². The Labute approximate surface area is 204 Å². The molecule has 0 saturated carbocycles. The second kappa shape index (κ2) is 12.2. The number of aliphatic hydroxyl groups excluding tert-OH is 1. The monoisotopic (exact) mass is 517 g/mol. The first-order valence-corrected chi connectivity index (χ1v) is 11.9. The van der Waals surface area contributed by atoms with Crippen LogP contribution in [0.2, 0.25) is 5.02 Å². The van der Waals surface area contributed by atoms with Gasteiger partial charge in [0.2, 0.25) is 5.88 Å². The highest BCUT2D eigenvalue weighted by Gasteiger charge is 2.24. The summed E-state index contributed by atoms with van der Waals surface area (Å²) in [4.78, 5) is 26.4. The van der Waals surface area contributed by atoms with Crippen molar-refractivity contribution >= 4 is 40.1 Å². The predicted molar refractivity (Wildman–Crippen MR) is 124 cm³/mol. The molecule has 1 aliphatic heterocycles. The average molecular weight is 518 g/mol. The summed E-state index contributed by atoms with van der Waals surface area (Å²) in [6.45, 7) is 1.84. The SMILES string of the molecule is NC(=O)c1c(OCc2c(F)cc(Cl)cc2F)nsc1NC(=O)NCCCCN1CCCC1CO. The van der Waals surface area contributed by atoms with Crippen molar-refractivity contribution in [3.05, 3.63) is 39.9 Å². The predicted octanol–water partition coefficient (Wildman–Crippen LogP) is 3.11. The second-order valence-electron chi connectivity index (χ2n) is 7.80. The number of carbonyl (C=O) groups is 2. The van der Waals surface area contributed by atoms with Gasteiger partial charge in [-0.05, 0) is 62.4 Å². The van der Waals surface area contributed by atoms with Crippen LogP contribution in [0, 0.1) is 11.6 Å². The third-order valence-corrected chi connectivity index (χ3v) is 6.42. The minimum atomic E-state index is -0.917. The molecule has 186 valence electrons. The lowest BCUT2D eigenvalue weighted by Gasteiger charge is -2.22. The molecule has 5 N–H and O–H groups in total. The highest BCUT2D eigenvalue weighted by molar-refractivity contribution is 7.11. The van der Waals surface area contributed by atoms with Crippen molar-refractivity contribution < 1.29 is 28.2 Å². The van der Waals surface area contributed by atoms with Crippen LogP contribution >= 0.6 is 23.1 Å². The smallest absolute Gasteiger partial charge is 0.319 e. The number of halogens is 3. The number of aromatic nitrogens is 1. The number of anilines is 1. The van der Waals surface area contributed by atoms with E-state index in [9.17, 15) is 23.5 Å². The van der Waals surface area contributed by atoms with Gasteiger partial charge >= 0.3 is 6.03 Å². The second-order valence-corrected chi connectivity index (χ2v) is 9.01. The first kappa shape index (κ1) is 26.1. The molecule has 0 aliphatic carbocycles. The Balaban J connectivity index is 1.50. The molecule has 0 bridgehead atoms. The number of nitrogens with one attached hydrogen (secondary N) is 2. The maximum atomic E-state index is 14.0. The van der Waals surface area contributed by atoms with Gasteiger partial charge in [0.25, 0.3) is 5.91 Å². The summed E-state index contributed by atoms with van der Waals surface area (Å²) in [5.41, 5.74) is 4.81. The van der Waals surface area contributed by atoms with Gasteiger partial charge < -0.3 is 20.9 Å². The zero-order chi connectivity index (χ0) is 24.7. The van der Waals surface area contributed by atoms with Gasteiger partial charge in [0.1, 0.15) is 28.8 Å². The summed E-state index contributed by atoms with van der Waals surface area (Å²) in [5, 5.41) is 14.5. The number of hydrogen-bond donors (Lipinski definition) is 4. The van der Waals surface area contributed by atoms with Crippen molar-refractivity contribution in [3.63, 3.8) is 0 Å². The summed E-state index contributed by atoms with van der Waals surface area (Å²) < 4.78 is 37.2. The third-order valence-electron chi connectivity index (χ3n) is 5.46. The molecule has 9 nitrogen and oxygen atoms in total. The Morgan fingerprint density at radius 2 is 2.06 bits per heavy atom. The van der Waals surface area contributed by atoms with Crippen LogP contribution in [0.5, 0.6) is 5.88 Å². The normalized spacial score (nSPS) is 15.9. The maximum Gasteiger partial charge on any atom is 0.319 e. The van der Waals surface area contributed by atoms with Crippen LogP contribution in [0.15, 0.2) is 12.1 Å². The number of urea groups is 1. The number of nitrogens with zero attached hydrogens (tertiary/aromatic N) is 2. The maximum absolute atomic E-state index is 14.0. The fourth-order valence-electron chi connectivity index (χ4n) is 3.71. The van der Waals surface area contributed by atoms with E-state index >= 15 is 0 Å². The molecular formula is C21H26ClF2N5O4S. The fraction of sp³-hybridized carbons (Fsp3) is 0.476. The number of unbranched alkanes of at least 4 members (excludes halogenated alkanes) is 1. The first-order valence-electron chi connectivity index (χ1n) is 10.8. The summed E-state index contributed by atoms with van der Waals surface area (Å²) in [7, 11) is 0. The quantitative estimate of drug-likeness (QED) is 0.339. The van der Waals surface area contributed by atoms with E-state index in [0.717, 1.165) is 62.4 Å². The number of nitrogens with two attached hydrogens (primary N) is 1. The van der Waals surface area contributed by atoms with Gasteiger partial charge in [-0.25, -0.2) is 13.6 Å². The largest absolute Gasteiger partial charge is 0.471 e. The lowest BCUT2D eigenvalue weighted by atomic mass is 10.2. The molecule has 1 saturated heterocycles. The van der Waals surface area contributed by atoms with E-state index in [4.69, 9.17) is 22.1 Å². The van der Waals surface area contributed by atoms with E-state index < -0.39 is 30.2 Å². The Bertz CT molecular complexity index is 1000. The van der Waals surface area contributed by atoms with Crippen LogP contribution in [0.25, 0.3) is 0 Å². The summed E-state index contributed by atoms with van der Waals surface area (Å²) in [6, 6.07) is 1.54. The van der Waals surface area contributed by atoms with Crippen LogP contribution in [0.3, 0.4) is 0 Å². The van der Waals surface area contributed by atoms with Crippen LogP contribution in [-0.2, 0) is 6.61 Å². The highest BCUT2D eigenvalue weighted by atomic mass is 35.5. The molecule has 1 fully saturated rings. The first-order chi connectivity index (χ1) is 16.3. The van der Waals surface area contributed by atoms with Crippen molar-refractivity contribution in [2.24, 2.45) is 5.73 Å². The molecule has 1 atom stereocenters. The molecule has 1 aromatic carbocycles. The van der Waals surface area contributed by atoms with Crippen molar-refractivity contribution in [2.75, 3.05) is 31.6 Å². The molecule has 1 unspecified atom stereocenters. The Kier molecular flexibility index (Phi) is 9.39. The summed E-state index contributed by atoms with van der Waals surface area (Å²) >= 11 is 6.36. The van der Waals surface area contributed by atoms with Crippen LogP contribution in [-0.4, -0.2) is 58.6 Å². The molecule has 0 spiro atoms. The molecule has 0 radical (unpaired) electrons. The van der Waals surface area contributed by atoms with Crippen LogP contribution in [0.4, 0.5) is 18.6 Å². The van der Waals surface area contributed by atoms with Crippen molar-refractivity contribution in [2.45, 2.75) is 38.3 Å². The number of ether oxygens (including phenoxy) is 1. The molecule has 3 rings (SSSR count). The highest BCUT2D eigenvalue weighted by Crippen LogP contribution is 2.31. The molecule has 13 heteroatoms. The zero-order valence-corrected chi connectivity index (χ0v) is 19.9. The van der Waals surface area contributed by atoms with E-state index in [0.29, 0.717) is 6.54 Å². The van der Waals surface area contributed by atoms with E-state index in [1.54, 1.807) is 0 Å². The van der Waals surface area contributed by atoms with Gasteiger partial charge in [-0.2, -0.15) is 4.37 Å². The number of likely N-dealkylation sites (tertiary alicyclic amines) is 1. The molecule has 2 heterocycles. The van der Waals surface area contributed by atoms with E-state index in [1.165, 1.54) is 0 Å². The van der Waals surface area contributed by atoms with E-state index in [2.05, 4.69) is 19.9 Å². The Morgan fingerprint density at radius 1 is 1.32 bits per heavy atom. The number of amides is 3. The average Bonchev–Trinajstić information content (AvgIpc) is 3.39. The minimum Gasteiger partial charge on any atom is -0.471 e. The molecule has 1 aliphatic rings. The molecule has 3 amide bonds. The summed E-state index contributed by atoms with van der Waals surface area (Å²) in [6.07, 6.45) is 3.68. The van der Waals surface area contributed by atoms with E-state index in [-0.39, 0.29) is 39.7 Å². The number of hydrogen-bond acceptors (Lipinski definition) is 7. The lowest BCUT2D eigenvalue weighted by Crippen LogP contribution is -2.34. The topological polar surface area (TPSA) is 130 Å². The zero-order valence-electron chi connectivity index (χ0n) is 18.3. The van der Waals surface area contributed by atoms with Gasteiger partial charge in [-0.1, -0.05) is 11.6 Å². The van der Waals surface area contributed by atoms with Crippen molar-refractivity contribution in [3.8, 4) is 5.88 Å². The molecule has 2 aromatic rings. The van der Waals surface area contributed by atoms with Crippen molar-refractivity contribution in [1.29, 1.82) is 0 Å². The minimum absolute atomic E-state index is 0.0555. The number of carbonyl (C=O) groups excluding carboxylic acids is 2. The molecule has 34 heavy (non-hydrogen) atoms. The van der Waals surface area contributed by atoms with Gasteiger partial charge in [0.05, 0.1) is 12.2 Å².